The zero-order valence-electron chi connectivity index (χ0n) is 35.4. The summed E-state index contributed by atoms with van der Waals surface area (Å²) in [6.07, 6.45) is -2.17. The van der Waals surface area contributed by atoms with E-state index in [0.29, 0.717) is 37.6 Å². The summed E-state index contributed by atoms with van der Waals surface area (Å²) in [5.41, 5.74) is 5.33. The van der Waals surface area contributed by atoms with Gasteiger partial charge >= 0.3 is 12.2 Å². The van der Waals surface area contributed by atoms with Crippen LogP contribution in [0.2, 0.25) is 0 Å². The molecule has 0 saturated heterocycles. The first-order valence-corrected chi connectivity index (χ1v) is 19.5. The average Bonchev–Trinajstić information content (AvgIpc) is 3.15. The average molecular weight is 846 g/mol. The van der Waals surface area contributed by atoms with E-state index < -0.39 is 57.7 Å². The second kappa shape index (κ2) is 27.4. The molecule has 0 heterocycles. The fraction of sp³-hybridized carbons (Fsp3) is 0.737. The summed E-state index contributed by atoms with van der Waals surface area (Å²) in [6.45, 7) is 10.3. The lowest BCUT2D eigenvalue weighted by Crippen LogP contribution is -2.50. The van der Waals surface area contributed by atoms with Crippen molar-refractivity contribution in [3.63, 3.8) is 0 Å². The maximum Gasteiger partial charge on any atom is 0.508 e. The van der Waals surface area contributed by atoms with Gasteiger partial charge in [0.2, 0.25) is 11.8 Å². The van der Waals surface area contributed by atoms with Gasteiger partial charge in [0.15, 0.2) is 11.5 Å². The highest BCUT2D eigenvalue weighted by molar-refractivity contribution is 5.83. The number of methoxy groups -OCH3 is 2. The number of nitrogens with two attached hydrogens (primary N) is 1. The van der Waals surface area contributed by atoms with E-state index in [-0.39, 0.29) is 76.4 Å². The molecule has 4 atom stereocenters. The highest BCUT2D eigenvalue weighted by Gasteiger charge is 2.37. The van der Waals surface area contributed by atoms with Gasteiger partial charge < -0.3 is 54.5 Å². The first kappa shape index (κ1) is 51.7. The van der Waals surface area contributed by atoms with E-state index in [1.54, 1.807) is 40.9 Å². The molecule has 4 unspecified atom stereocenters. The lowest BCUT2D eigenvalue weighted by molar-refractivity contribution is -0.757. The third-order valence-corrected chi connectivity index (χ3v) is 9.40. The van der Waals surface area contributed by atoms with Gasteiger partial charge in [-0.15, -0.1) is 20.2 Å². The number of carbonyl (C=O) groups is 4. The Morgan fingerprint density at radius 2 is 1.42 bits per heavy atom. The molecule has 0 aliphatic rings. The molecule has 0 aliphatic heterocycles. The van der Waals surface area contributed by atoms with E-state index in [0.717, 1.165) is 5.56 Å². The van der Waals surface area contributed by atoms with Gasteiger partial charge in [0.25, 0.3) is 10.2 Å². The Bertz CT molecular complexity index is 1480. The summed E-state index contributed by atoms with van der Waals surface area (Å²) in [6, 6.07) is 4.54. The minimum Gasteiger partial charge on any atom is -0.493 e. The highest BCUT2D eigenvalue weighted by atomic mass is 17.0. The third kappa shape index (κ3) is 21.3. The smallest absolute Gasteiger partial charge is 0.493 e. The number of nitrogens with zero attached hydrogens (tertiary/aromatic N) is 2. The van der Waals surface area contributed by atoms with Crippen LogP contribution in [0.4, 0.5) is 9.59 Å². The maximum atomic E-state index is 13.7. The number of benzene rings is 1. The molecule has 0 saturated carbocycles. The fourth-order valence-corrected chi connectivity index (χ4v) is 5.69. The van der Waals surface area contributed by atoms with Crippen LogP contribution in [-0.2, 0) is 44.6 Å². The SMILES string of the molecule is COCCCOc1cc(CC(CC(NC(=O)OCCCO[N+](=O)[O-])C(CC(C(=O)NCC(C)(C)C(N)=O)C(C)C)OC(=O)OCCCO[N+](=O)[O-])C(C)C)ccc1OC. The molecule has 1 aromatic rings. The number of primary amides is 1. The number of ether oxygens (including phenoxy) is 6. The van der Waals surface area contributed by atoms with Crippen molar-refractivity contribution >= 4 is 24.1 Å². The van der Waals surface area contributed by atoms with E-state index in [2.05, 4.69) is 20.3 Å². The molecule has 1 aromatic carbocycles. The van der Waals surface area contributed by atoms with Gasteiger partial charge in [0.1, 0.15) is 6.10 Å². The molecule has 3 amide bonds. The Balaban J connectivity index is 3.61. The second-order valence-corrected chi connectivity index (χ2v) is 15.1. The molecule has 21 nitrogen and oxygen atoms in total. The van der Waals surface area contributed by atoms with Crippen LogP contribution in [0.1, 0.15) is 79.2 Å². The quantitative estimate of drug-likeness (QED) is 0.0404. The van der Waals surface area contributed by atoms with Crippen LogP contribution < -0.4 is 25.8 Å². The fourth-order valence-electron chi connectivity index (χ4n) is 5.69. The van der Waals surface area contributed by atoms with Crippen molar-refractivity contribution in [2.24, 2.45) is 34.8 Å². The summed E-state index contributed by atoms with van der Waals surface area (Å²) in [5.74, 6) is -1.42. The molecule has 4 N–H and O–H groups in total. The van der Waals surface area contributed by atoms with Gasteiger partial charge in [-0.1, -0.05) is 33.8 Å². The maximum absolute atomic E-state index is 13.7. The Morgan fingerprint density at radius 1 is 0.814 bits per heavy atom. The van der Waals surface area contributed by atoms with Crippen LogP contribution in [0.25, 0.3) is 0 Å². The van der Waals surface area contributed by atoms with Crippen LogP contribution >= 0.6 is 0 Å². The minimum atomic E-state index is -1.22. The first-order valence-electron chi connectivity index (χ1n) is 19.5. The molecule has 0 bridgehead atoms. The Hall–Kier alpha value is -5.34. The van der Waals surface area contributed by atoms with E-state index in [1.807, 2.05) is 26.0 Å². The van der Waals surface area contributed by atoms with Crippen LogP contribution in [0.15, 0.2) is 18.2 Å². The topological polar surface area (TPSA) is 278 Å². The van der Waals surface area contributed by atoms with Crippen LogP contribution in [0.5, 0.6) is 11.5 Å². The number of carbonyl (C=O) groups excluding carboxylic acids is 4. The van der Waals surface area contributed by atoms with Gasteiger partial charge in [-0.05, 0) is 68.6 Å². The highest BCUT2D eigenvalue weighted by Crippen LogP contribution is 2.33. The van der Waals surface area contributed by atoms with Crippen molar-refractivity contribution in [1.82, 2.24) is 10.6 Å². The van der Waals surface area contributed by atoms with Crippen molar-refractivity contribution in [1.29, 1.82) is 0 Å². The molecule has 0 aromatic heterocycles. The van der Waals surface area contributed by atoms with Gasteiger partial charge in [0, 0.05) is 45.4 Å². The minimum absolute atomic E-state index is 0.00465. The Kier molecular flexibility index (Phi) is 24.0. The van der Waals surface area contributed by atoms with Crippen molar-refractivity contribution < 1.29 is 67.4 Å². The molecule has 1 rings (SSSR count). The summed E-state index contributed by atoms with van der Waals surface area (Å²) in [5, 5.41) is 24.7. The lowest BCUT2D eigenvalue weighted by Gasteiger charge is -2.34. The molecular weight excluding hydrogens is 782 g/mol. The molecular formula is C38H63N5O16. The summed E-state index contributed by atoms with van der Waals surface area (Å²) in [7, 11) is 3.14. The number of nitrogens with one attached hydrogen (secondary N) is 2. The van der Waals surface area contributed by atoms with Crippen LogP contribution in [0.3, 0.4) is 0 Å². The second-order valence-electron chi connectivity index (χ2n) is 15.1. The lowest BCUT2D eigenvalue weighted by atomic mass is 9.80. The zero-order valence-corrected chi connectivity index (χ0v) is 35.4. The van der Waals surface area contributed by atoms with Crippen molar-refractivity contribution in [3.8, 4) is 11.5 Å². The number of alkyl carbamates (subject to hydrolysis) is 1. The molecule has 0 fully saturated rings. The van der Waals surface area contributed by atoms with E-state index in [4.69, 9.17) is 34.2 Å². The molecule has 59 heavy (non-hydrogen) atoms. The molecule has 0 spiro atoms. The molecule has 336 valence electrons. The van der Waals surface area contributed by atoms with Crippen molar-refractivity contribution in [3.05, 3.63) is 44.0 Å². The van der Waals surface area contributed by atoms with E-state index in [9.17, 15) is 39.4 Å². The predicted octanol–water partition coefficient (Wildman–Crippen LogP) is 4.42. The molecule has 0 aliphatic carbocycles. The summed E-state index contributed by atoms with van der Waals surface area (Å²) >= 11 is 0. The third-order valence-electron chi connectivity index (χ3n) is 9.40. The predicted molar refractivity (Wildman–Crippen MR) is 210 cm³/mol. The van der Waals surface area contributed by atoms with Gasteiger partial charge in [-0.2, -0.15) is 0 Å². The molecule has 0 radical (unpaired) electrons. The van der Waals surface area contributed by atoms with E-state index in [1.165, 1.54) is 7.11 Å². The number of hydrogen-bond acceptors (Lipinski definition) is 16. The van der Waals surface area contributed by atoms with E-state index >= 15 is 0 Å². The first-order chi connectivity index (χ1) is 27.8. The van der Waals surface area contributed by atoms with Crippen LogP contribution in [0, 0.1) is 49.3 Å². The van der Waals surface area contributed by atoms with Crippen molar-refractivity contribution in [2.75, 3.05) is 60.4 Å². The largest absolute Gasteiger partial charge is 0.508 e. The standard InChI is InChI=1S/C38H63N5O16/c1-25(2)28(20-27-12-13-31(53-8)33(21-27)54-15-9-14-52-7)22-30(41-36(46)55-16-10-18-57-42(48)49)32(59-37(47)56-17-11-19-58-43(50)51)23-29(26(3)4)34(44)40-24-38(5,6)35(39)45/h12-13,21,25-26,28-30,32H,9-11,14-20,22-24H2,1-8H3,(H2,39,45)(H,40,44)(H,41,46). The Labute approximate surface area is 344 Å². The number of amides is 3. The van der Waals surface area contributed by atoms with Gasteiger partial charge in [-0.25, -0.2) is 9.59 Å². The van der Waals surface area contributed by atoms with Crippen LogP contribution in [-0.4, -0.2) is 107 Å². The van der Waals surface area contributed by atoms with Crippen molar-refractivity contribution in [2.45, 2.75) is 92.2 Å². The zero-order chi connectivity index (χ0) is 44.5. The Morgan fingerprint density at radius 3 is 1.97 bits per heavy atom. The number of hydrogen-bond donors (Lipinski definition) is 3. The summed E-state index contributed by atoms with van der Waals surface area (Å²) in [4.78, 5) is 81.9. The normalized spacial score (nSPS) is 13.3. The monoisotopic (exact) mass is 845 g/mol. The van der Waals surface area contributed by atoms with Gasteiger partial charge in [-0.3, -0.25) is 9.59 Å². The van der Waals surface area contributed by atoms with Gasteiger partial charge in [0.05, 0.1) is 51.6 Å². The summed E-state index contributed by atoms with van der Waals surface area (Å²) < 4.78 is 33.0. The number of rotatable bonds is 31. The molecule has 21 heteroatoms.